The van der Waals surface area contributed by atoms with Gasteiger partial charge >= 0.3 is 54.6 Å². The molecule has 1 aromatic heterocycles. The van der Waals surface area contributed by atoms with Gasteiger partial charge in [0.2, 0.25) is 0 Å². The Balaban J connectivity index is 0.000000569. The fraction of sp³-hybridized carbons (Fsp3) is 0.233. The molecule has 71 heavy (non-hydrogen) atoms. The highest BCUT2D eigenvalue weighted by Crippen LogP contribution is 2.41. The van der Waals surface area contributed by atoms with E-state index in [2.05, 4.69) is 28.8 Å². The SMILES string of the molecule is COc1scc[n+]1Cc1ccccc1.FC(F)(F)c1cc([B-](c2cc(C(F)(F)F)cc(C(F)(F)F)c2)(c2cc(C(F)(F)F)cc(C(F)(F)F)c2)c2cc(C(F)(F)F)cc(C(F)(F)F)c2)cc(C(F)(F)F)c1. The minimum Gasteiger partial charge on any atom is -0.439 e. The highest BCUT2D eigenvalue weighted by molar-refractivity contribution is 7.20. The zero-order valence-corrected chi connectivity index (χ0v) is 35.4. The van der Waals surface area contributed by atoms with Crippen molar-refractivity contribution >= 4 is 39.3 Å². The van der Waals surface area contributed by atoms with Crippen LogP contribution in [0.5, 0.6) is 5.19 Å². The average molecular weight is 1070 g/mol. The van der Waals surface area contributed by atoms with E-state index in [-0.39, 0.29) is 0 Å². The van der Waals surface area contributed by atoms with Gasteiger partial charge in [0.15, 0.2) is 12.7 Å². The molecule has 0 aliphatic carbocycles. The number of thiazole rings is 1. The summed E-state index contributed by atoms with van der Waals surface area (Å²) in [6, 6.07) is 1.55. The second-order valence-corrected chi connectivity index (χ2v) is 16.1. The summed E-state index contributed by atoms with van der Waals surface area (Å²) >= 11 is 1.61. The van der Waals surface area contributed by atoms with Gasteiger partial charge in [-0.05, 0) is 35.6 Å². The van der Waals surface area contributed by atoms with Crippen LogP contribution in [-0.2, 0) is 56.0 Å². The maximum atomic E-state index is 14.2. The smallest absolute Gasteiger partial charge is 0.430 e. The molecule has 5 aromatic carbocycles. The third kappa shape index (κ3) is 12.9. The van der Waals surface area contributed by atoms with Crippen LogP contribution in [0.4, 0.5) is 105 Å². The molecule has 2 nitrogen and oxygen atoms in total. The van der Waals surface area contributed by atoms with Crippen LogP contribution in [0.1, 0.15) is 50.1 Å². The number of ether oxygens (including phenoxy) is 1. The minimum absolute atomic E-state index is 0.691. The molecule has 28 heteroatoms. The molecule has 0 spiro atoms. The predicted molar refractivity (Wildman–Crippen MR) is 207 cm³/mol. The third-order valence-corrected chi connectivity index (χ3v) is 11.3. The largest absolute Gasteiger partial charge is 0.439 e. The monoisotopic (exact) mass is 1070 g/mol. The maximum Gasteiger partial charge on any atom is 0.430 e. The normalized spacial score (nSPS) is 13.5. The minimum atomic E-state index is -6.13. The van der Waals surface area contributed by atoms with Crippen LogP contribution < -0.4 is 31.2 Å². The van der Waals surface area contributed by atoms with Crippen molar-refractivity contribution < 1.29 is 115 Å². The number of nitrogens with zero attached hydrogens (tertiary/aromatic N) is 1. The van der Waals surface area contributed by atoms with Gasteiger partial charge in [0.05, 0.1) is 57.0 Å². The van der Waals surface area contributed by atoms with Gasteiger partial charge in [-0.2, -0.15) is 132 Å². The Kier molecular flexibility index (Phi) is 15.1. The molecular formula is C43H24BF24NOS. The Morgan fingerprint density at radius 2 is 0.620 bits per heavy atom. The van der Waals surface area contributed by atoms with Crippen LogP contribution in [0.15, 0.2) is 115 Å². The molecule has 0 atom stereocenters. The average Bonchev–Trinajstić information content (AvgIpc) is 3.68. The van der Waals surface area contributed by atoms with Gasteiger partial charge in [0, 0.05) is 5.56 Å². The van der Waals surface area contributed by atoms with E-state index in [0.29, 0.717) is 0 Å². The van der Waals surface area contributed by atoms with Crippen molar-refractivity contribution in [2.24, 2.45) is 0 Å². The van der Waals surface area contributed by atoms with E-state index in [1.54, 1.807) is 18.4 Å². The molecule has 384 valence electrons. The van der Waals surface area contributed by atoms with Gasteiger partial charge in [-0.15, -0.1) is 0 Å². The third-order valence-electron chi connectivity index (χ3n) is 10.5. The number of aromatic nitrogens is 1. The first-order chi connectivity index (χ1) is 32.2. The fourth-order valence-electron chi connectivity index (χ4n) is 7.42. The molecule has 0 unspecified atom stereocenters. The summed E-state index contributed by atoms with van der Waals surface area (Å²) in [5.41, 5.74) is -28.9. The second kappa shape index (κ2) is 19.2. The van der Waals surface area contributed by atoms with E-state index in [0.717, 1.165) is 11.7 Å². The summed E-state index contributed by atoms with van der Waals surface area (Å²) in [4.78, 5) is 0. The number of benzene rings is 5. The van der Waals surface area contributed by atoms with E-state index in [1.165, 1.54) is 5.56 Å². The van der Waals surface area contributed by atoms with E-state index < -0.39 is 195 Å². The lowest BCUT2D eigenvalue weighted by atomic mass is 9.12. The lowest BCUT2D eigenvalue weighted by Crippen LogP contribution is -2.75. The van der Waals surface area contributed by atoms with Crippen LogP contribution in [0.3, 0.4) is 0 Å². The van der Waals surface area contributed by atoms with Crippen LogP contribution in [0.2, 0.25) is 0 Å². The number of alkyl halides is 24. The van der Waals surface area contributed by atoms with Crippen molar-refractivity contribution in [1.82, 2.24) is 0 Å². The molecule has 6 aromatic rings. The van der Waals surface area contributed by atoms with E-state index in [4.69, 9.17) is 4.74 Å². The lowest BCUT2D eigenvalue weighted by Gasteiger charge is -2.46. The first-order valence-corrected chi connectivity index (χ1v) is 19.9. The summed E-state index contributed by atoms with van der Waals surface area (Å²) < 4.78 is 348. The van der Waals surface area contributed by atoms with Gasteiger partial charge < -0.3 is 4.74 Å². The molecule has 0 bridgehead atoms. The molecule has 6 rings (SSSR count). The molecule has 0 fully saturated rings. The number of hydrogen-bond acceptors (Lipinski definition) is 2. The Labute approximate surface area is 386 Å². The van der Waals surface area contributed by atoms with Gasteiger partial charge in [-0.1, -0.05) is 78.9 Å². The zero-order valence-electron chi connectivity index (χ0n) is 34.6. The van der Waals surface area contributed by atoms with E-state index >= 15 is 0 Å². The number of methoxy groups -OCH3 is 1. The molecule has 1 heterocycles. The van der Waals surface area contributed by atoms with Crippen molar-refractivity contribution in [3.05, 3.63) is 165 Å². The van der Waals surface area contributed by atoms with Crippen LogP contribution in [-0.4, -0.2) is 13.3 Å². The van der Waals surface area contributed by atoms with Crippen LogP contribution >= 0.6 is 11.3 Å². The predicted octanol–water partition coefficient (Wildman–Crippen LogP) is 13.3. The van der Waals surface area contributed by atoms with Crippen molar-refractivity contribution in [3.63, 3.8) is 0 Å². The number of halogens is 24. The Bertz CT molecular complexity index is 2390. The highest BCUT2D eigenvalue weighted by Gasteiger charge is 2.47. The first-order valence-electron chi connectivity index (χ1n) is 19.1. The molecule has 0 saturated carbocycles. The van der Waals surface area contributed by atoms with Gasteiger partial charge in [-0.3, -0.25) is 0 Å². The van der Waals surface area contributed by atoms with Gasteiger partial charge in [-0.25, -0.2) is 0 Å². The summed E-state index contributed by atoms with van der Waals surface area (Å²) in [7, 11) is 1.70. The molecule has 0 saturated heterocycles. The quantitative estimate of drug-likeness (QED) is 0.0882. The Morgan fingerprint density at radius 1 is 0.380 bits per heavy atom. The maximum absolute atomic E-state index is 14.2. The Hall–Kier alpha value is -6.09. The van der Waals surface area contributed by atoms with Crippen LogP contribution in [0, 0.1) is 0 Å². The summed E-state index contributed by atoms with van der Waals surface area (Å²) in [5, 5.41) is 2.97. The molecule has 0 amide bonds. The molecule has 0 aliphatic heterocycles. The van der Waals surface area contributed by atoms with Crippen molar-refractivity contribution in [1.29, 1.82) is 0 Å². The molecule has 0 aliphatic rings. The summed E-state index contributed by atoms with van der Waals surface area (Å²) in [5.74, 6) is 0. The summed E-state index contributed by atoms with van der Waals surface area (Å²) in [6.07, 6.45) is -52.8. The number of hydrogen-bond donors (Lipinski definition) is 0. The van der Waals surface area contributed by atoms with E-state index in [1.807, 2.05) is 17.6 Å². The standard InChI is InChI=1S/C32H12BF24.C11H12NOS/c34-25(35,36)13-1-14(26(37,38)39)6-21(5-13)33(22-7-15(27(40,41)42)2-16(8-22)28(43,44)45,23-9-17(29(46,47)48)3-18(10-23)30(49,50)51)24-11-19(31(52,53)54)4-20(12-24)32(55,56)57;1-13-11-12(7-8-14-11)9-10-5-3-2-4-6-10/h1-12H;2-8H,9H2,1H3/q-1;+1. The van der Waals surface area contributed by atoms with Crippen molar-refractivity contribution in [2.45, 2.75) is 56.0 Å². The highest BCUT2D eigenvalue weighted by atomic mass is 32.1. The zero-order chi connectivity index (χ0) is 53.7. The van der Waals surface area contributed by atoms with Crippen molar-refractivity contribution in [3.8, 4) is 5.19 Å². The van der Waals surface area contributed by atoms with E-state index in [9.17, 15) is 105 Å². The number of rotatable bonds is 7. The Morgan fingerprint density at radius 3 is 0.831 bits per heavy atom. The van der Waals surface area contributed by atoms with Crippen LogP contribution in [0.25, 0.3) is 0 Å². The van der Waals surface area contributed by atoms with Gasteiger partial charge in [0.25, 0.3) is 0 Å². The molecular weight excluding hydrogens is 1050 g/mol. The van der Waals surface area contributed by atoms with Gasteiger partial charge in [0.1, 0.15) is 6.15 Å². The second-order valence-electron chi connectivity index (χ2n) is 15.2. The summed E-state index contributed by atoms with van der Waals surface area (Å²) in [6.45, 7) is 0.869. The lowest BCUT2D eigenvalue weighted by molar-refractivity contribution is -0.688. The first kappa shape index (κ1) is 55.8. The molecule has 0 radical (unpaired) electrons. The van der Waals surface area contributed by atoms with Crippen molar-refractivity contribution in [2.75, 3.05) is 7.11 Å². The topological polar surface area (TPSA) is 13.1 Å². The molecule has 0 N–H and O–H groups in total. The fourth-order valence-corrected chi connectivity index (χ4v) is 8.11.